The summed E-state index contributed by atoms with van der Waals surface area (Å²) in [5, 5.41) is 8.00. The van der Waals surface area contributed by atoms with Crippen molar-refractivity contribution in [1.29, 1.82) is 0 Å². The Morgan fingerprint density at radius 2 is 1.92 bits per heavy atom. The van der Waals surface area contributed by atoms with E-state index >= 15 is 0 Å². The minimum atomic E-state index is -3.71. The molecule has 0 saturated heterocycles. The van der Waals surface area contributed by atoms with Crippen LogP contribution in [0.3, 0.4) is 0 Å². The number of rotatable bonds is 7. The van der Waals surface area contributed by atoms with E-state index in [2.05, 4.69) is 12.2 Å². The van der Waals surface area contributed by atoms with E-state index in [1.807, 2.05) is 19.1 Å². The number of carbonyl (C=O) groups excluding carboxylic acids is 1. The van der Waals surface area contributed by atoms with Gasteiger partial charge in [-0.2, -0.15) is 0 Å². The van der Waals surface area contributed by atoms with Crippen LogP contribution in [0.25, 0.3) is 0 Å². The van der Waals surface area contributed by atoms with Crippen molar-refractivity contribution in [2.24, 2.45) is 11.1 Å². The average molecular weight is 376 g/mol. The van der Waals surface area contributed by atoms with Crippen molar-refractivity contribution in [3.05, 3.63) is 53.5 Å². The zero-order chi connectivity index (χ0) is 18.9. The SMILES string of the molecule is CC(NC(=O)CCc1ccc(C2CC2C)o1)c1ccc(S(N)(=O)=O)cc1. The highest BCUT2D eigenvalue weighted by atomic mass is 32.2. The molecule has 0 bridgehead atoms. The predicted molar refractivity (Wildman–Crippen MR) is 97.9 cm³/mol. The number of sulfonamides is 1. The zero-order valence-corrected chi connectivity index (χ0v) is 15.8. The monoisotopic (exact) mass is 376 g/mol. The molecule has 1 aliphatic rings. The number of primary sulfonamides is 1. The van der Waals surface area contributed by atoms with Gasteiger partial charge in [0.05, 0.1) is 10.9 Å². The summed E-state index contributed by atoms with van der Waals surface area (Å²) in [6, 6.07) is 9.92. The molecule has 1 fully saturated rings. The first-order valence-electron chi connectivity index (χ1n) is 8.75. The molecule has 0 aliphatic heterocycles. The molecule has 1 saturated carbocycles. The van der Waals surface area contributed by atoms with Crippen LogP contribution in [0.15, 0.2) is 45.7 Å². The van der Waals surface area contributed by atoms with Gasteiger partial charge in [-0.05, 0) is 49.1 Å². The van der Waals surface area contributed by atoms with Crippen molar-refractivity contribution in [3.8, 4) is 0 Å². The molecule has 6 nitrogen and oxygen atoms in total. The maximum Gasteiger partial charge on any atom is 0.238 e. The second-order valence-electron chi connectivity index (χ2n) is 7.03. The van der Waals surface area contributed by atoms with Crippen molar-refractivity contribution >= 4 is 15.9 Å². The molecule has 1 amide bonds. The first-order chi connectivity index (χ1) is 12.2. The molecule has 1 heterocycles. The third kappa shape index (κ3) is 4.53. The van der Waals surface area contributed by atoms with Gasteiger partial charge in [-0.3, -0.25) is 4.79 Å². The fraction of sp³-hybridized carbons (Fsp3) is 0.421. The van der Waals surface area contributed by atoms with E-state index in [9.17, 15) is 13.2 Å². The number of hydrogen-bond acceptors (Lipinski definition) is 4. The van der Waals surface area contributed by atoms with Gasteiger partial charge in [0.1, 0.15) is 11.5 Å². The van der Waals surface area contributed by atoms with Crippen molar-refractivity contribution in [2.75, 3.05) is 0 Å². The maximum absolute atomic E-state index is 12.2. The predicted octanol–water partition coefficient (Wildman–Crippen LogP) is 2.86. The van der Waals surface area contributed by atoms with Crippen LogP contribution in [-0.2, 0) is 21.2 Å². The molecule has 1 aromatic carbocycles. The lowest BCUT2D eigenvalue weighted by Crippen LogP contribution is -2.26. The summed E-state index contributed by atoms with van der Waals surface area (Å²) in [6.07, 6.45) is 2.08. The summed E-state index contributed by atoms with van der Waals surface area (Å²) >= 11 is 0. The van der Waals surface area contributed by atoms with Crippen LogP contribution in [0.4, 0.5) is 0 Å². The Bertz CT molecular complexity index is 887. The minimum absolute atomic E-state index is 0.0541. The molecule has 3 rings (SSSR count). The van der Waals surface area contributed by atoms with E-state index in [1.165, 1.54) is 18.6 Å². The van der Waals surface area contributed by atoms with Crippen LogP contribution in [0.5, 0.6) is 0 Å². The van der Waals surface area contributed by atoms with Gasteiger partial charge in [-0.1, -0.05) is 19.1 Å². The molecule has 7 heteroatoms. The van der Waals surface area contributed by atoms with Gasteiger partial charge in [-0.25, -0.2) is 13.6 Å². The molecule has 2 aromatic rings. The number of nitrogens with one attached hydrogen (secondary N) is 1. The zero-order valence-electron chi connectivity index (χ0n) is 14.9. The van der Waals surface area contributed by atoms with Crippen LogP contribution >= 0.6 is 0 Å². The van der Waals surface area contributed by atoms with Crippen molar-refractivity contribution in [1.82, 2.24) is 5.32 Å². The summed E-state index contributed by atoms with van der Waals surface area (Å²) in [5.41, 5.74) is 0.814. The lowest BCUT2D eigenvalue weighted by atomic mass is 10.1. The molecular weight excluding hydrogens is 352 g/mol. The molecule has 3 unspecified atom stereocenters. The summed E-state index contributed by atoms with van der Waals surface area (Å²) < 4.78 is 28.4. The van der Waals surface area contributed by atoms with E-state index in [0.717, 1.165) is 17.1 Å². The summed E-state index contributed by atoms with van der Waals surface area (Å²) in [7, 11) is -3.71. The Morgan fingerprint density at radius 1 is 1.27 bits per heavy atom. The standard InChI is InChI=1S/C19H24N2O4S/c1-12-11-17(12)18-9-5-15(25-18)6-10-19(22)21-13(2)14-3-7-16(8-4-14)26(20,23)24/h3-5,7-9,12-13,17H,6,10-11H2,1-2H3,(H,21,22)(H2,20,23,24). The van der Waals surface area contributed by atoms with Crippen LogP contribution in [-0.4, -0.2) is 14.3 Å². The lowest BCUT2D eigenvalue weighted by molar-refractivity contribution is -0.121. The normalized spacial score (nSPS) is 20.6. The summed E-state index contributed by atoms with van der Waals surface area (Å²) in [4.78, 5) is 12.2. The Labute approximate surface area is 153 Å². The Hall–Kier alpha value is -2.12. The number of benzene rings is 1. The average Bonchev–Trinajstić information content (AvgIpc) is 3.13. The number of amides is 1. The smallest absolute Gasteiger partial charge is 0.238 e. The highest BCUT2D eigenvalue weighted by Crippen LogP contribution is 2.47. The quantitative estimate of drug-likeness (QED) is 0.775. The number of nitrogens with two attached hydrogens (primary N) is 1. The van der Waals surface area contributed by atoms with Gasteiger partial charge in [0.15, 0.2) is 0 Å². The van der Waals surface area contributed by atoms with E-state index in [-0.39, 0.29) is 16.8 Å². The minimum Gasteiger partial charge on any atom is -0.466 e. The Kier molecular flexibility index (Phi) is 5.20. The third-order valence-corrected chi connectivity index (χ3v) is 5.77. The second kappa shape index (κ2) is 7.25. The summed E-state index contributed by atoms with van der Waals surface area (Å²) in [6.45, 7) is 4.06. The molecule has 0 radical (unpaired) electrons. The van der Waals surface area contributed by atoms with E-state index in [0.29, 0.717) is 24.7 Å². The summed E-state index contributed by atoms with van der Waals surface area (Å²) in [5.74, 6) is 3.01. The van der Waals surface area contributed by atoms with Gasteiger partial charge >= 0.3 is 0 Å². The van der Waals surface area contributed by atoms with E-state index in [1.54, 1.807) is 12.1 Å². The molecule has 3 atom stereocenters. The highest BCUT2D eigenvalue weighted by Gasteiger charge is 2.36. The molecular formula is C19H24N2O4S. The van der Waals surface area contributed by atoms with Crippen LogP contribution in [0.1, 0.15) is 55.7 Å². The fourth-order valence-corrected chi connectivity index (χ4v) is 3.54. The maximum atomic E-state index is 12.2. The molecule has 3 N–H and O–H groups in total. The molecule has 0 spiro atoms. The van der Waals surface area contributed by atoms with Crippen LogP contribution in [0, 0.1) is 5.92 Å². The van der Waals surface area contributed by atoms with Gasteiger partial charge < -0.3 is 9.73 Å². The van der Waals surface area contributed by atoms with Crippen molar-refractivity contribution < 1.29 is 17.6 Å². The van der Waals surface area contributed by atoms with Crippen molar-refractivity contribution in [2.45, 2.75) is 50.0 Å². The Balaban J connectivity index is 1.50. The third-order valence-electron chi connectivity index (χ3n) is 4.84. The number of aryl methyl sites for hydroxylation is 1. The topological polar surface area (TPSA) is 102 Å². The van der Waals surface area contributed by atoms with Crippen LogP contribution in [0.2, 0.25) is 0 Å². The van der Waals surface area contributed by atoms with E-state index < -0.39 is 10.0 Å². The van der Waals surface area contributed by atoms with E-state index in [4.69, 9.17) is 9.56 Å². The molecule has 26 heavy (non-hydrogen) atoms. The molecule has 1 aliphatic carbocycles. The number of hydrogen-bond donors (Lipinski definition) is 2. The highest BCUT2D eigenvalue weighted by molar-refractivity contribution is 7.89. The number of furan rings is 1. The fourth-order valence-electron chi connectivity index (χ4n) is 3.03. The second-order valence-corrected chi connectivity index (χ2v) is 8.59. The van der Waals surface area contributed by atoms with Crippen molar-refractivity contribution in [3.63, 3.8) is 0 Å². The van der Waals surface area contributed by atoms with Gasteiger partial charge in [0.2, 0.25) is 15.9 Å². The van der Waals surface area contributed by atoms with Gasteiger partial charge in [0.25, 0.3) is 0 Å². The first kappa shape index (κ1) is 18.7. The largest absolute Gasteiger partial charge is 0.466 e. The Morgan fingerprint density at radius 3 is 2.50 bits per heavy atom. The molecule has 140 valence electrons. The van der Waals surface area contributed by atoms with Crippen LogP contribution < -0.4 is 10.5 Å². The molecule has 1 aromatic heterocycles. The van der Waals surface area contributed by atoms with Gasteiger partial charge in [-0.15, -0.1) is 0 Å². The number of carbonyl (C=O) groups is 1. The lowest BCUT2D eigenvalue weighted by Gasteiger charge is -2.14. The first-order valence-corrected chi connectivity index (χ1v) is 10.3. The van der Waals surface area contributed by atoms with Gasteiger partial charge in [0, 0.05) is 18.8 Å².